The van der Waals surface area contributed by atoms with E-state index in [1.165, 1.54) is 17.4 Å². The van der Waals surface area contributed by atoms with E-state index in [4.69, 9.17) is 11.6 Å². The lowest BCUT2D eigenvalue weighted by Gasteiger charge is -2.19. The molecule has 2 aromatic heterocycles. The first-order valence-electron chi connectivity index (χ1n) is 9.24. The van der Waals surface area contributed by atoms with Gasteiger partial charge in [-0.25, -0.2) is 9.37 Å². The second-order valence-electron chi connectivity index (χ2n) is 6.44. The van der Waals surface area contributed by atoms with E-state index in [0.717, 1.165) is 10.6 Å². The number of anilines is 1. The van der Waals surface area contributed by atoms with Crippen LogP contribution in [-0.4, -0.2) is 21.6 Å². The van der Waals surface area contributed by atoms with Gasteiger partial charge in [-0.1, -0.05) is 35.1 Å². The van der Waals surface area contributed by atoms with Crippen LogP contribution in [-0.2, 0) is 11.3 Å². The Bertz CT molecular complexity index is 1150. The second-order valence-corrected chi connectivity index (χ2v) is 9.05. The summed E-state index contributed by atoms with van der Waals surface area (Å²) >= 11 is 8.81. The number of pyridine rings is 1. The van der Waals surface area contributed by atoms with Gasteiger partial charge in [-0.2, -0.15) is 0 Å². The Balaban J connectivity index is 1.53. The first-order chi connectivity index (χ1) is 14.6. The van der Waals surface area contributed by atoms with Crippen molar-refractivity contribution in [2.45, 2.75) is 17.9 Å². The van der Waals surface area contributed by atoms with Gasteiger partial charge in [0.05, 0.1) is 16.9 Å². The van der Waals surface area contributed by atoms with E-state index < -0.39 is 5.82 Å². The number of thioether (sulfide) groups is 1. The monoisotopic (exact) mass is 457 g/mol. The molecule has 0 aliphatic rings. The first kappa shape index (κ1) is 20.8. The lowest BCUT2D eigenvalue weighted by molar-refractivity contribution is -0.118. The summed E-state index contributed by atoms with van der Waals surface area (Å²) < 4.78 is 14.8. The van der Waals surface area contributed by atoms with E-state index in [-0.39, 0.29) is 18.0 Å². The van der Waals surface area contributed by atoms with Crippen molar-refractivity contribution in [1.29, 1.82) is 0 Å². The van der Waals surface area contributed by atoms with Crippen LogP contribution in [0.5, 0.6) is 0 Å². The van der Waals surface area contributed by atoms with Gasteiger partial charge in [0, 0.05) is 28.3 Å². The third-order valence-electron chi connectivity index (χ3n) is 4.33. The summed E-state index contributed by atoms with van der Waals surface area (Å²) in [6, 6.07) is 17.9. The predicted octanol–water partition coefficient (Wildman–Crippen LogP) is 6.20. The minimum absolute atomic E-state index is 0.0819. The SMILES string of the molecule is O=C(CCSc1ccc(Cl)cc1)N(Cc1ccccn1)c1nc2c(F)cccc2s1. The van der Waals surface area contributed by atoms with Crippen LogP contribution in [0.15, 0.2) is 71.8 Å². The smallest absolute Gasteiger partial charge is 0.229 e. The molecule has 1 amide bonds. The van der Waals surface area contributed by atoms with E-state index in [1.807, 2.05) is 42.5 Å². The third kappa shape index (κ3) is 4.98. The Morgan fingerprint density at radius 2 is 1.93 bits per heavy atom. The predicted molar refractivity (Wildman–Crippen MR) is 122 cm³/mol. The summed E-state index contributed by atoms with van der Waals surface area (Å²) in [6.07, 6.45) is 2.00. The van der Waals surface area contributed by atoms with Gasteiger partial charge in [-0.05, 0) is 48.5 Å². The van der Waals surface area contributed by atoms with Crippen molar-refractivity contribution in [3.63, 3.8) is 0 Å². The topological polar surface area (TPSA) is 46.1 Å². The maximum atomic E-state index is 14.1. The van der Waals surface area contributed by atoms with Gasteiger partial charge in [0.1, 0.15) is 11.3 Å². The average molecular weight is 458 g/mol. The molecular formula is C22H17ClFN3OS2. The Kier molecular flexibility index (Phi) is 6.62. The van der Waals surface area contributed by atoms with Crippen molar-refractivity contribution in [1.82, 2.24) is 9.97 Å². The third-order valence-corrected chi connectivity index (χ3v) is 6.64. The molecule has 0 unspecified atom stereocenters. The number of fused-ring (bicyclic) bond motifs is 1. The number of aromatic nitrogens is 2. The number of benzene rings is 2. The number of hydrogen-bond donors (Lipinski definition) is 0. The molecule has 0 radical (unpaired) electrons. The van der Waals surface area contributed by atoms with Gasteiger partial charge in [-0.15, -0.1) is 11.8 Å². The van der Waals surface area contributed by atoms with Crippen LogP contribution >= 0.6 is 34.7 Å². The van der Waals surface area contributed by atoms with E-state index in [0.29, 0.717) is 27.0 Å². The molecule has 0 atom stereocenters. The van der Waals surface area contributed by atoms with Crippen LogP contribution in [0, 0.1) is 5.82 Å². The lowest BCUT2D eigenvalue weighted by Crippen LogP contribution is -2.30. The molecular weight excluding hydrogens is 441 g/mol. The molecule has 152 valence electrons. The maximum Gasteiger partial charge on any atom is 0.229 e. The number of para-hydroxylation sites is 1. The van der Waals surface area contributed by atoms with Crippen LogP contribution in [0.1, 0.15) is 12.1 Å². The van der Waals surface area contributed by atoms with Crippen molar-refractivity contribution in [2.75, 3.05) is 10.7 Å². The van der Waals surface area contributed by atoms with Crippen LogP contribution in [0.3, 0.4) is 0 Å². The lowest BCUT2D eigenvalue weighted by atomic mass is 10.3. The molecule has 0 aliphatic carbocycles. The van der Waals surface area contributed by atoms with Crippen molar-refractivity contribution in [3.8, 4) is 0 Å². The average Bonchev–Trinajstić information content (AvgIpc) is 3.19. The highest BCUT2D eigenvalue weighted by atomic mass is 35.5. The van der Waals surface area contributed by atoms with Gasteiger partial charge in [0.25, 0.3) is 0 Å². The number of hydrogen-bond acceptors (Lipinski definition) is 5. The zero-order valence-corrected chi connectivity index (χ0v) is 18.2. The minimum atomic E-state index is -0.390. The van der Waals surface area contributed by atoms with Crippen molar-refractivity contribution < 1.29 is 9.18 Å². The number of carbonyl (C=O) groups excluding carboxylic acids is 1. The molecule has 0 bridgehead atoms. The van der Waals surface area contributed by atoms with Gasteiger partial charge in [0.2, 0.25) is 5.91 Å². The number of nitrogens with zero attached hydrogens (tertiary/aromatic N) is 3. The molecule has 8 heteroatoms. The summed E-state index contributed by atoms with van der Waals surface area (Å²) in [5.41, 5.74) is 1.03. The number of amides is 1. The molecule has 2 heterocycles. The molecule has 2 aromatic carbocycles. The number of thiazole rings is 1. The van der Waals surface area contributed by atoms with Crippen LogP contribution in [0.25, 0.3) is 10.2 Å². The molecule has 0 saturated heterocycles. The summed E-state index contributed by atoms with van der Waals surface area (Å²) in [6.45, 7) is 0.284. The molecule has 0 aliphatic heterocycles. The zero-order valence-electron chi connectivity index (χ0n) is 15.8. The highest BCUT2D eigenvalue weighted by molar-refractivity contribution is 7.99. The highest BCUT2D eigenvalue weighted by Gasteiger charge is 2.21. The number of carbonyl (C=O) groups is 1. The quantitative estimate of drug-likeness (QED) is 0.310. The largest absolute Gasteiger partial charge is 0.282 e. The van der Waals surface area contributed by atoms with E-state index in [9.17, 15) is 9.18 Å². The fraction of sp³-hybridized carbons (Fsp3) is 0.136. The minimum Gasteiger partial charge on any atom is -0.282 e. The summed E-state index contributed by atoms with van der Waals surface area (Å²) in [5, 5.41) is 1.15. The first-order valence-corrected chi connectivity index (χ1v) is 11.4. The number of rotatable bonds is 7. The van der Waals surface area contributed by atoms with Gasteiger partial charge < -0.3 is 0 Å². The fourth-order valence-corrected chi connectivity index (χ4v) is 4.82. The highest BCUT2D eigenvalue weighted by Crippen LogP contribution is 2.32. The van der Waals surface area contributed by atoms with Gasteiger partial charge in [-0.3, -0.25) is 14.7 Å². The molecule has 0 N–H and O–H groups in total. The fourth-order valence-electron chi connectivity index (χ4n) is 2.86. The molecule has 4 rings (SSSR count). The molecule has 30 heavy (non-hydrogen) atoms. The van der Waals surface area contributed by atoms with Crippen molar-refractivity contribution in [2.24, 2.45) is 0 Å². The van der Waals surface area contributed by atoms with Gasteiger partial charge >= 0.3 is 0 Å². The molecule has 4 aromatic rings. The van der Waals surface area contributed by atoms with Gasteiger partial charge in [0.15, 0.2) is 5.13 Å². The van der Waals surface area contributed by atoms with Crippen LogP contribution in [0.4, 0.5) is 9.52 Å². The van der Waals surface area contributed by atoms with Crippen LogP contribution < -0.4 is 4.90 Å². The van der Waals surface area contributed by atoms with E-state index in [1.54, 1.807) is 35.0 Å². The number of halogens is 2. The standard InChI is InChI=1S/C22H17ClFN3OS2/c23-15-7-9-17(10-8-15)29-13-11-20(28)27(14-16-4-1-2-12-25-16)22-26-21-18(24)5-3-6-19(21)30-22/h1-10,12H,11,13-14H2. The maximum absolute atomic E-state index is 14.1. The Labute approximate surface area is 186 Å². The molecule has 0 saturated carbocycles. The Morgan fingerprint density at radius 3 is 2.67 bits per heavy atom. The Morgan fingerprint density at radius 1 is 1.10 bits per heavy atom. The zero-order chi connectivity index (χ0) is 20.9. The summed E-state index contributed by atoms with van der Waals surface area (Å²) in [7, 11) is 0. The van der Waals surface area contributed by atoms with Crippen LogP contribution in [0.2, 0.25) is 5.02 Å². The molecule has 0 spiro atoms. The summed E-state index contributed by atoms with van der Waals surface area (Å²) in [5.74, 6) is 0.137. The normalized spacial score (nSPS) is 11.0. The van der Waals surface area contributed by atoms with Crippen molar-refractivity contribution >= 4 is 56.0 Å². The second kappa shape index (κ2) is 9.55. The van der Waals surface area contributed by atoms with E-state index >= 15 is 0 Å². The molecule has 0 fully saturated rings. The molecule has 4 nitrogen and oxygen atoms in total. The Hall–Kier alpha value is -2.48. The van der Waals surface area contributed by atoms with Crippen molar-refractivity contribution in [3.05, 3.63) is 83.4 Å². The van der Waals surface area contributed by atoms with E-state index in [2.05, 4.69) is 9.97 Å². The summed E-state index contributed by atoms with van der Waals surface area (Å²) in [4.78, 5) is 24.5.